The van der Waals surface area contributed by atoms with Crippen LogP contribution in [0.5, 0.6) is 0 Å². The van der Waals surface area contributed by atoms with Crippen molar-refractivity contribution >= 4 is 22.2 Å². The summed E-state index contributed by atoms with van der Waals surface area (Å²) in [6.07, 6.45) is 0. The summed E-state index contributed by atoms with van der Waals surface area (Å²) in [5, 5.41) is 13.2. The SMILES string of the molecule is Cc1ccc2nnc(-c3c(C)nsc3N)n2n1. The van der Waals surface area contributed by atoms with Crippen molar-refractivity contribution in [2.45, 2.75) is 13.8 Å². The lowest BCUT2D eigenvalue weighted by Gasteiger charge is -1.99. The van der Waals surface area contributed by atoms with Gasteiger partial charge in [0.05, 0.1) is 17.0 Å². The molecule has 6 nitrogen and oxygen atoms in total. The van der Waals surface area contributed by atoms with Crippen LogP contribution in [0, 0.1) is 13.8 Å². The average molecular weight is 246 g/mol. The molecule has 0 aliphatic heterocycles. The molecule has 0 fully saturated rings. The van der Waals surface area contributed by atoms with Crippen LogP contribution in [0.3, 0.4) is 0 Å². The van der Waals surface area contributed by atoms with Gasteiger partial charge in [-0.05, 0) is 37.5 Å². The van der Waals surface area contributed by atoms with Crippen LogP contribution in [0.4, 0.5) is 5.00 Å². The summed E-state index contributed by atoms with van der Waals surface area (Å²) in [6, 6.07) is 3.78. The summed E-state index contributed by atoms with van der Waals surface area (Å²) in [4.78, 5) is 0. The highest BCUT2D eigenvalue weighted by Crippen LogP contribution is 2.30. The average Bonchev–Trinajstić information content (AvgIpc) is 2.83. The number of nitrogen functional groups attached to an aromatic ring is 1. The molecule has 0 aromatic carbocycles. The number of anilines is 1. The Hall–Kier alpha value is -2.02. The Morgan fingerprint density at radius 1 is 1.24 bits per heavy atom. The van der Waals surface area contributed by atoms with Gasteiger partial charge >= 0.3 is 0 Å². The molecule has 0 saturated carbocycles. The maximum Gasteiger partial charge on any atom is 0.190 e. The molecule has 17 heavy (non-hydrogen) atoms. The second-order valence-corrected chi connectivity index (χ2v) is 4.58. The van der Waals surface area contributed by atoms with E-state index in [4.69, 9.17) is 5.73 Å². The van der Waals surface area contributed by atoms with Crippen LogP contribution in [-0.2, 0) is 0 Å². The van der Waals surface area contributed by atoms with Crippen molar-refractivity contribution in [3.63, 3.8) is 0 Å². The zero-order valence-electron chi connectivity index (χ0n) is 9.38. The summed E-state index contributed by atoms with van der Waals surface area (Å²) in [6.45, 7) is 3.82. The van der Waals surface area contributed by atoms with Gasteiger partial charge in [0, 0.05) is 0 Å². The topological polar surface area (TPSA) is 82.0 Å². The van der Waals surface area contributed by atoms with Crippen LogP contribution >= 0.6 is 11.5 Å². The zero-order valence-corrected chi connectivity index (χ0v) is 10.2. The van der Waals surface area contributed by atoms with E-state index in [1.165, 1.54) is 11.5 Å². The molecular weight excluding hydrogens is 236 g/mol. The van der Waals surface area contributed by atoms with Crippen molar-refractivity contribution < 1.29 is 0 Å². The van der Waals surface area contributed by atoms with Gasteiger partial charge in [-0.2, -0.15) is 14.0 Å². The third-order valence-corrected chi connectivity index (χ3v) is 3.27. The molecule has 86 valence electrons. The van der Waals surface area contributed by atoms with Gasteiger partial charge in [0.15, 0.2) is 11.5 Å². The van der Waals surface area contributed by atoms with Gasteiger partial charge in [0.1, 0.15) is 5.00 Å². The highest BCUT2D eigenvalue weighted by molar-refractivity contribution is 7.10. The summed E-state index contributed by atoms with van der Waals surface area (Å²) < 4.78 is 5.91. The Kier molecular flexibility index (Phi) is 2.08. The number of hydrogen-bond donors (Lipinski definition) is 1. The van der Waals surface area contributed by atoms with Crippen molar-refractivity contribution in [2.24, 2.45) is 0 Å². The molecule has 0 aliphatic rings. The molecule has 0 aliphatic carbocycles. The molecule has 3 rings (SSSR count). The molecule has 0 radical (unpaired) electrons. The third-order valence-electron chi connectivity index (χ3n) is 2.51. The number of nitrogens with zero attached hydrogens (tertiary/aromatic N) is 5. The second kappa shape index (κ2) is 3.49. The molecule has 7 heteroatoms. The van der Waals surface area contributed by atoms with E-state index in [2.05, 4.69) is 19.7 Å². The van der Waals surface area contributed by atoms with Gasteiger partial charge in [-0.15, -0.1) is 10.2 Å². The van der Waals surface area contributed by atoms with Crippen molar-refractivity contribution in [2.75, 3.05) is 5.73 Å². The van der Waals surface area contributed by atoms with E-state index in [1.807, 2.05) is 26.0 Å². The molecule has 0 bridgehead atoms. The lowest BCUT2D eigenvalue weighted by Crippen LogP contribution is -1.98. The summed E-state index contributed by atoms with van der Waals surface area (Å²) in [7, 11) is 0. The Bertz CT molecular complexity index is 678. The van der Waals surface area contributed by atoms with Crippen molar-refractivity contribution in [1.82, 2.24) is 24.2 Å². The number of rotatable bonds is 1. The zero-order chi connectivity index (χ0) is 12.0. The van der Waals surface area contributed by atoms with Crippen molar-refractivity contribution in [1.29, 1.82) is 0 Å². The van der Waals surface area contributed by atoms with E-state index in [9.17, 15) is 0 Å². The monoisotopic (exact) mass is 246 g/mol. The van der Waals surface area contributed by atoms with Crippen LogP contribution in [0.2, 0.25) is 0 Å². The molecule has 0 spiro atoms. The van der Waals surface area contributed by atoms with Crippen molar-refractivity contribution in [3.8, 4) is 11.4 Å². The molecule has 3 aromatic heterocycles. The largest absolute Gasteiger partial charge is 0.389 e. The molecule has 2 N–H and O–H groups in total. The van der Waals surface area contributed by atoms with Gasteiger partial charge < -0.3 is 5.73 Å². The number of aromatic nitrogens is 5. The number of aryl methyl sites for hydroxylation is 2. The number of nitrogens with two attached hydrogens (primary N) is 1. The van der Waals surface area contributed by atoms with Crippen LogP contribution in [0.15, 0.2) is 12.1 Å². The minimum absolute atomic E-state index is 0.639. The second-order valence-electron chi connectivity index (χ2n) is 3.78. The van der Waals surface area contributed by atoms with E-state index < -0.39 is 0 Å². The molecule has 3 aromatic rings. The molecular formula is C10H10N6S. The van der Waals surface area contributed by atoms with Gasteiger partial charge in [0.2, 0.25) is 0 Å². The van der Waals surface area contributed by atoms with E-state index in [0.29, 0.717) is 16.5 Å². The first-order valence-electron chi connectivity index (χ1n) is 5.08. The fourth-order valence-electron chi connectivity index (χ4n) is 1.70. The number of hydrogen-bond acceptors (Lipinski definition) is 6. The number of fused-ring (bicyclic) bond motifs is 1. The minimum atomic E-state index is 0.639. The van der Waals surface area contributed by atoms with E-state index in [0.717, 1.165) is 17.0 Å². The Morgan fingerprint density at radius 2 is 2.06 bits per heavy atom. The Labute approximate surface area is 101 Å². The lowest BCUT2D eigenvalue weighted by molar-refractivity contribution is 0.901. The Morgan fingerprint density at radius 3 is 2.76 bits per heavy atom. The van der Waals surface area contributed by atoms with E-state index in [1.54, 1.807) is 4.52 Å². The van der Waals surface area contributed by atoms with E-state index in [-0.39, 0.29) is 0 Å². The van der Waals surface area contributed by atoms with Crippen LogP contribution < -0.4 is 5.73 Å². The van der Waals surface area contributed by atoms with Gasteiger partial charge in [-0.25, -0.2) is 0 Å². The van der Waals surface area contributed by atoms with Crippen molar-refractivity contribution in [3.05, 3.63) is 23.5 Å². The predicted octanol–water partition coefficient (Wildman–Crippen LogP) is 1.45. The fourth-order valence-corrected chi connectivity index (χ4v) is 2.35. The molecule has 0 unspecified atom stereocenters. The highest BCUT2D eigenvalue weighted by Gasteiger charge is 2.17. The normalized spacial score (nSPS) is 11.2. The highest BCUT2D eigenvalue weighted by atomic mass is 32.1. The quantitative estimate of drug-likeness (QED) is 0.702. The summed E-state index contributed by atoms with van der Waals surface area (Å²) in [5.74, 6) is 0.646. The van der Waals surface area contributed by atoms with Crippen LogP contribution in [-0.4, -0.2) is 24.2 Å². The smallest absolute Gasteiger partial charge is 0.190 e. The Balaban J connectivity index is 2.35. The maximum absolute atomic E-state index is 5.91. The molecule has 3 heterocycles. The minimum Gasteiger partial charge on any atom is -0.389 e. The van der Waals surface area contributed by atoms with E-state index >= 15 is 0 Å². The molecule has 0 amide bonds. The first-order valence-corrected chi connectivity index (χ1v) is 5.85. The third kappa shape index (κ3) is 1.47. The summed E-state index contributed by atoms with van der Waals surface area (Å²) >= 11 is 1.26. The molecule has 0 saturated heterocycles. The van der Waals surface area contributed by atoms with Crippen LogP contribution in [0.1, 0.15) is 11.4 Å². The standard InChI is InChI=1S/C10H10N6S/c1-5-3-4-7-12-13-10(16(7)14-5)8-6(2)15-17-9(8)11/h3-4H,11H2,1-2H3. The van der Waals surface area contributed by atoms with Crippen LogP contribution in [0.25, 0.3) is 17.0 Å². The summed E-state index contributed by atoms with van der Waals surface area (Å²) in [5.41, 5.74) is 9.19. The molecule has 0 atom stereocenters. The van der Waals surface area contributed by atoms with Gasteiger partial charge in [-0.1, -0.05) is 0 Å². The fraction of sp³-hybridized carbons (Fsp3) is 0.200. The van der Waals surface area contributed by atoms with Gasteiger partial charge in [0.25, 0.3) is 0 Å². The predicted molar refractivity (Wildman–Crippen MR) is 65.8 cm³/mol. The maximum atomic E-state index is 5.91. The first kappa shape index (κ1) is 10.2. The lowest BCUT2D eigenvalue weighted by atomic mass is 10.2. The van der Waals surface area contributed by atoms with Gasteiger partial charge in [-0.3, -0.25) is 0 Å². The first-order chi connectivity index (χ1) is 8.16.